The average molecular weight is 252 g/mol. The van der Waals surface area contributed by atoms with Gasteiger partial charge in [0, 0.05) is 24.7 Å². The normalized spacial score (nSPS) is 11.1. The topological polar surface area (TPSA) is 53.9 Å². The van der Waals surface area contributed by atoms with E-state index in [1.54, 1.807) is 6.20 Å². The SMILES string of the molecule is CN(C)CCNc1nnc(Cl)c2ncccc12. The number of aromatic nitrogens is 3. The molecule has 17 heavy (non-hydrogen) atoms. The summed E-state index contributed by atoms with van der Waals surface area (Å²) in [5.74, 6) is 0.722. The molecule has 0 saturated heterocycles. The average Bonchev–Trinajstić information content (AvgIpc) is 2.32. The van der Waals surface area contributed by atoms with E-state index in [4.69, 9.17) is 11.6 Å². The van der Waals surface area contributed by atoms with E-state index in [0.717, 1.165) is 24.3 Å². The van der Waals surface area contributed by atoms with Crippen LogP contribution in [-0.2, 0) is 0 Å². The molecule has 1 N–H and O–H groups in total. The van der Waals surface area contributed by atoms with E-state index in [9.17, 15) is 0 Å². The molecule has 0 aliphatic rings. The quantitative estimate of drug-likeness (QED) is 0.896. The molecule has 0 bridgehead atoms. The minimum absolute atomic E-state index is 0.332. The van der Waals surface area contributed by atoms with Crippen molar-refractivity contribution < 1.29 is 0 Å². The van der Waals surface area contributed by atoms with Gasteiger partial charge >= 0.3 is 0 Å². The van der Waals surface area contributed by atoms with Gasteiger partial charge in [-0.25, -0.2) is 0 Å². The van der Waals surface area contributed by atoms with Crippen molar-refractivity contribution in [1.29, 1.82) is 0 Å². The van der Waals surface area contributed by atoms with Crippen molar-refractivity contribution in [3.8, 4) is 0 Å². The van der Waals surface area contributed by atoms with Crippen molar-refractivity contribution in [2.75, 3.05) is 32.5 Å². The molecule has 0 saturated carbocycles. The summed E-state index contributed by atoms with van der Waals surface area (Å²) in [5.41, 5.74) is 0.677. The number of hydrogen-bond donors (Lipinski definition) is 1. The molecule has 6 heteroatoms. The zero-order valence-corrected chi connectivity index (χ0v) is 10.6. The second kappa shape index (κ2) is 5.25. The third-order valence-electron chi connectivity index (χ3n) is 2.35. The summed E-state index contributed by atoms with van der Waals surface area (Å²) >= 11 is 5.94. The summed E-state index contributed by atoms with van der Waals surface area (Å²) in [4.78, 5) is 6.29. The lowest BCUT2D eigenvalue weighted by Gasteiger charge is -2.11. The first-order valence-corrected chi connectivity index (χ1v) is 5.72. The van der Waals surface area contributed by atoms with E-state index >= 15 is 0 Å². The second-order valence-electron chi connectivity index (χ2n) is 3.97. The Morgan fingerprint density at radius 1 is 1.35 bits per heavy atom. The van der Waals surface area contributed by atoms with Crippen LogP contribution >= 0.6 is 11.6 Å². The third-order valence-corrected chi connectivity index (χ3v) is 2.60. The molecule has 2 rings (SSSR count). The number of pyridine rings is 1. The van der Waals surface area contributed by atoms with Gasteiger partial charge in [-0.1, -0.05) is 11.6 Å². The van der Waals surface area contributed by atoms with Crippen LogP contribution in [-0.4, -0.2) is 47.3 Å². The summed E-state index contributed by atoms with van der Waals surface area (Å²) in [6, 6.07) is 3.79. The maximum Gasteiger partial charge on any atom is 0.178 e. The van der Waals surface area contributed by atoms with Gasteiger partial charge in [0.2, 0.25) is 0 Å². The maximum absolute atomic E-state index is 5.94. The highest BCUT2D eigenvalue weighted by Crippen LogP contribution is 2.23. The maximum atomic E-state index is 5.94. The Kier molecular flexibility index (Phi) is 3.71. The fraction of sp³-hybridized carbons (Fsp3) is 0.364. The Morgan fingerprint density at radius 2 is 2.18 bits per heavy atom. The number of anilines is 1. The van der Waals surface area contributed by atoms with Crippen molar-refractivity contribution in [3.05, 3.63) is 23.5 Å². The molecule has 5 nitrogen and oxygen atoms in total. The molecular weight excluding hydrogens is 238 g/mol. The third kappa shape index (κ3) is 2.81. The summed E-state index contributed by atoms with van der Waals surface area (Å²) in [6.45, 7) is 1.72. The fourth-order valence-electron chi connectivity index (χ4n) is 1.48. The Balaban J connectivity index is 2.26. The van der Waals surface area contributed by atoms with Gasteiger partial charge in [0.05, 0.1) is 0 Å². The van der Waals surface area contributed by atoms with E-state index in [-0.39, 0.29) is 0 Å². The van der Waals surface area contributed by atoms with Crippen LogP contribution in [0.3, 0.4) is 0 Å². The molecule has 0 aliphatic heterocycles. The van der Waals surface area contributed by atoms with Crippen LogP contribution in [0.1, 0.15) is 0 Å². The van der Waals surface area contributed by atoms with Gasteiger partial charge in [-0.2, -0.15) is 0 Å². The lowest BCUT2D eigenvalue weighted by Crippen LogP contribution is -2.21. The number of fused-ring (bicyclic) bond motifs is 1. The predicted molar refractivity (Wildman–Crippen MR) is 69.4 cm³/mol. The molecule has 0 atom stereocenters. The van der Waals surface area contributed by atoms with Gasteiger partial charge in [-0.15, -0.1) is 10.2 Å². The van der Waals surface area contributed by atoms with Crippen molar-refractivity contribution in [3.63, 3.8) is 0 Å². The Morgan fingerprint density at radius 3 is 2.94 bits per heavy atom. The second-order valence-corrected chi connectivity index (χ2v) is 4.33. The number of halogens is 1. The predicted octanol–water partition coefficient (Wildman–Crippen LogP) is 1.65. The van der Waals surface area contributed by atoms with Gasteiger partial charge in [-0.05, 0) is 26.2 Å². The standard InChI is InChI=1S/C11H14ClN5/c1-17(2)7-6-14-11-8-4-3-5-13-9(8)10(12)15-16-11/h3-5H,6-7H2,1-2H3,(H,14,16). The van der Waals surface area contributed by atoms with Crippen LogP contribution < -0.4 is 5.32 Å². The first-order chi connectivity index (χ1) is 8.18. The molecule has 2 aromatic heterocycles. The highest BCUT2D eigenvalue weighted by Gasteiger charge is 2.07. The largest absolute Gasteiger partial charge is 0.367 e. The molecule has 0 unspecified atom stereocenters. The molecular formula is C11H14ClN5. The van der Waals surface area contributed by atoms with Gasteiger partial charge in [0.15, 0.2) is 11.0 Å². The molecule has 0 amide bonds. The molecule has 0 radical (unpaired) electrons. The van der Waals surface area contributed by atoms with E-state index < -0.39 is 0 Å². The van der Waals surface area contributed by atoms with Crippen LogP contribution in [0.2, 0.25) is 5.15 Å². The molecule has 2 heterocycles. The molecule has 0 fully saturated rings. The van der Waals surface area contributed by atoms with Crippen molar-refractivity contribution in [2.24, 2.45) is 0 Å². The summed E-state index contributed by atoms with van der Waals surface area (Å²) in [5, 5.41) is 12.4. The lowest BCUT2D eigenvalue weighted by atomic mass is 10.3. The Hall–Kier alpha value is -1.46. The van der Waals surface area contributed by atoms with Crippen molar-refractivity contribution in [2.45, 2.75) is 0 Å². The first-order valence-electron chi connectivity index (χ1n) is 5.34. The van der Waals surface area contributed by atoms with Gasteiger partial charge in [0.1, 0.15) is 5.52 Å². The number of nitrogens with zero attached hydrogens (tertiary/aromatic N) is 4. The summed E-state index contributed by atoms with van der Waals surface area (Å²) in [7, 11) is 4.05. The van der Waals surface area contributed by atoms with Crippen molar-refractivity contribution in [1.82, 2.24) is 20.1 Å². The smallest absolute Gasteiger partial charge is 0.178 e. The minimum Gasteiger partial charge on any atom is -0.367 e. The van der Waals surface area contributed by atoms with Crippen LogP contribution in [0.25, 0.3) is 10.9 Å². The van der Waals surface area contributed by atoms with Gasteiger partial charge in [0.25, 0.3) is 0 Å². The highest BCUT2D eigenvalue weighted by atomic mass is 35.5. The zero-order valence-electron chi connectivity index (χ0n) is 9.81. The van der Waals surface area contributed by atoms with Crippen LogP contribution in [0.5, 0.6) is 0 Å². The minimum atomic E-state index is 0.332. The Bertz CT molecular complexity index is 514. The summed E-state index contributed by atoms with van der Waals surface area (Å²) in [6.07, 6.45) is 1.69. The molecule has 0 spiro atoms. The van der Waals surface area contributed by atoms with Gasteiger partial charge < -0.3 is 10.2 Å². The van der Waals surface area contributed by atoms with Crippen LogP contribution in [0.4, 0.5) is 5.82 Å². The first kappa shape index (κ1) is 12.0. The highest BCUT2D eigenvalue weighted by molar-refractivity contribution is 6.33. The number of likely N-dealkylation sites (N-methyl/N-ethyl adjacent to an activating group) is 1. The molecule has 2 aromatic rings. The molecule has 90 valence electrons. The number of rotatable bonds is 4. The monoisotopic (exact) mass is 251 g/mol. The van der Waals surface area contributed by atoms with Crippen molar-refractivity contribution >= 4 is 28.3 Å². The summed E-state index contributed by atoms with van der Waals surface area (Å²) < 4.78 is 0. The van der Waals surface area contributed by atoms with Crippen LogP contribution in [0, 0.1) is 0 Å². The number of hydrogen-bond acceptors (Lipinski definition) is 5. The zero-order chi connectivity index (χ0) is 12.3. The lowest BCUT2D eigenvalue weighted by molar-refractivity contribution is 0.425. The van der Waals surface area contributed by atoms with E-state index in [2.05, 4.69) is 25.4 Å². The molecule has 0 aliphatic carbocycles. The Labute approximate surface area is 105 Å². The van der Waals surface area contributed by atoms with Gasteiger partial charge in [-0.3, -0.25) is 4.98 Å². The molecule has 0 aromatic carbocycles. The van der Waals surface area contributed by atoms with E-state index in [1.807, 2.05) is 26.2 Å². The van der Waals surface area contributed by atoms with E-state index in [1.165, 1.54) is 0 Å². The fourth-order valence-corrected chi connectivity index (χ4v) is 1.67. The number of nitrogens with one attached hydrogen (secondary N) is 1. The van der Waals surface area contributed by atoms with Crippen LogP contribution in [0.15, 0.2) is 18.3 Å². The van der Waals surface area contributed by atoms with E-state index in [0.29, 0.717) is 10.7 Å².